The molecular weight excluding hydrogens is 140 g/mol. The van der Waals surface area contributed by atoms with Crippen LogP contribution in [-0.2, 0) is 0 Å². The second-order valence-electron chi connectivity index (χ2n) is 3.83. The molecule has 1 rings (SSSR count). The van der Waals surface area contributed by atoms with Gasteiger partial charge >= 0.3 is 0 Å². The van der Waals surface area contributed by atoms with E-state index in [-0.39, 0.29) is 11.6 Å². The molecule has 1 heterocycles. The number of likely N-dealkylation sites (N-methyl/N-ethyl adjacent to an activating group) is 1. The summed E-state index contributed by atoms with van der Waals surface area (Å²) in [5.74, 6) is 0.428. The largest absolute Gasteiger partial charge is 0.391 e. The van der Waals surface area contributed by atoms with Gasteiger partial charge in [-0.15, -0.1) is 0 Å². The first-order chi connectivity index (χ1) is 5.08. The maximum atomic E-state index is 9.79. The van der Waals surface area contributed by atoms with Crippen molar-refractivity contribution in [1.29, 1.82) is 0 Å². The highest BCUT2D eigenvalue weighted by atomic mass is 16.3. The van der Waals surface area contributed by atoms with E-state index in [0.29, 0.717) is 5.92 Å². The lowest BCUT2D eigenvalue weighted by molar-refractivity contribution is 0.0116. The Bertz CT molecular complexity index is 132. The molecule has 0 amide bonds. The minimum atomic E-state index is -0.242. The molecule has 3 nitrogen and oxygen atoms in total. The molecule has 0 aromatic rings. The van der Waals surface area contributed by atoms with Crippen LogP contribution in [0.2, 0.25) is 0 Å². The third-order valence-electron chi connectivity index (χ3n) is 2.64. The van der Waals surface area contributed by atoms with Gasteiger partial charge in [0.1, 0.15) is 0 Å². The fourth-order valence-corrected chi connectivity index (χ4v) is 1.27. The molecule has 1 aliphatic rings. The maximum Gasteiger partial charge on any atom is 0.0768 e. The molecule has 0 saturated carbocycles. The first kappa shape index (κ1) is 8.97. The highest BCUT2D eigenvalue weighted by Gasteiger charge is 2.35. The predicted octanol–water partition coefficient (Wildman–Crippen LogP) is -0.435. The molecular formula is C8H18N2O. The van der Waals surface area contributed by atoms with Gasteiger partial charge in [0.2, 0.25) is 0 Å². The zero-order valence-corrected chi connectivity index (χ0v) is 7.52. The van der Waals surface area contributed by atoms with E-state index in [0.717, 1.165) is 13.1 Å². The van der Waals surface area contributed by atoms with Gasteiger partial charge in [0.05, 0.1) is 6.10 Å². The van der Waals surface area contributed by atoms with Crippen LogP contribution in [0.1, 0.15) is 13.8 Å². The van der Waals surface area contributed by atoms with Crippen LogP contribution in [0.3, 0.4) is 0 Å². The molecule has 0 radical (unpaired) electrons. The normalized spacial score (nSPS) is 22.9. The van der Waals surface area contributed by atoms with Gasteiger partial charge in [-0.25, -0.2) is 0 Å². The summed E-state index contributed by atoms with van der Waals surface area (Å²) >= 11 is 0. The topological polar surface area (TPSA) is 44.3 Å². The Morgan fingerprint density at radius 2 is 2.09 bits per heavy atom. The van der Waals surface area contributed by atoms with Crippen molar-refractivity contribution in [2.75, 3.05) is 20.1 Å². The minimum Gasteiger partial charge on any atom is -0.391 e. The van der Waals surface area contributed by atoms with E-state index in [1.807, 2.05) is 20.9 Å². The second kappa shape index (κ2) is 3.09. The highest BCUT2D eigenvalue weighted by molar-refractivity contribution is 4.94. The van der Waals surface area contributed by atoms with E-state index in [9.17, 15) is 5.11 Å². The van der Waals surface area contributed by atoms with Crippen LogP contribution in [-0.4, -0.2) is 36.9 Å². The van der Waals surface area contributed by atoms with Crippen LogP contribution in [0.5, 0.6) is 0 Å². The van der Waals surface area contributed by atoms with Crippen LogP contribution >= 0.6 is 0 Å². The summed E-state index contributed by atoms with van der Waals surface area (Å²) < 4.78 is 0. The highest BCUT2D eigenvalue weighted by Crippen LogP contribution is 2.19. The lowest BCUT2D eigenvalue weighted by atomic mass is 9.84. The second-order valence-corrected chi connectivity index (χ2v) is 3.83. The van der Waals surface area contributed by atoms with Crippen molar-refractivity contribution < 1.29 is 5.11 Å². The SMILES string of the molecule is CNC(C)(C)C(O)C1CNC1. The van der Waals surface area contributed by atoms with Crippen molar-refractivity contribution in [2.24, 2.45) is 5.92 Å². The zero-order valence-electron chi connectivity index (χ0n) is 7.52. The molecule has 0 spiro atoms. The first-order valence-electron chi connectivity index (χ1n) is 4.15. The molecule has 0 aromatic heterocycles. The zero-order chi connectivity index (χ0) is 8.48. The number of aliphatic hydroxyl groups excluding tert-OH is 1. The molecule has 0 aliphatic carbocycles. The Labute approximate surface area is 68.2 Å². The summed E-state index contributed by atoms with van der Waals surface area (Å²) in [5, 5.41) is 16.1. The van der Waals surface area contributed by atoms with Crippen molar-refractivity contribution in [3.05, 3.63) is 0 Å². The standard InChI is InChI=1S/C8H18N2O/c1-8(2,9-3)7(11)6-4-10-5-6/h6-7,9-11H,4-5H2,1-3H3. The van der Waals surface area contributed by atoms with Gasteiger partial charge in [-0.05, 0) is 20.9 Å². The summed E-state index contributed by atoms with van der Waals surface area (Å²) in [6, 6.07) is 0. The van der Waals surface area contributed by atoms with Crippen LogP contribution in [0, 0.1) is 5.92 Å². The van der Waals surface area contributed by atoms with Gasteiger partial charge in [0, 0.05) is 24.5 Å². The fourth-order valence-electron chi connectivity index (χ4n) is 1.27. The van der Waals surface area contributed by atoms with Crippen molar-refractivity contribution in [2.45, 2.75) is 25.5 Å². The number of hydrogen-bond donors (Lipinski definition) is 3. The lowest BCUT2D eigenvalue weighted by Crippen LogP contribution is -2.59. The minimum absolute atomic E-state index is 0.160. The van der Waals surface area contributed by atoms with Crippen LogP contribution < -0.4 is 10.6 Å². The van der Waals surface area contributed by atoms with Gasteiger partial charge < -0.3 is 15.7 Å². The lowest BCUT2D eigenvalue weighted by Gasteiger charge is -2.40. The summed E-state index contributed by atoms with van der Waals surface area (Å²) in [6.07, 6.45) is -0.242. The monoisotopic (exact) mass is 158 g/mol. The quantitative estimate of drug-likeness (QED) is 0.522. The Balaban J connectivity index is 2.44. The van der Waals surface area contributed by atoms with E-state index >= 15 is 0 Å². The van der Waals surface area contributed by atoms with E-state index < -0.39 is 0 Å². The molecule has 3 N–H and O–H groups in total. The maximum absolute atomic E-state index is 9.79. The Morgan fingerprint density at radius 3 is 2.36 bits per heavy atom. The summed E-state index contributed by atoms with van der Waals surface area (Å²) in [6.45, 7) is 5.95. The Morgan fingerprint density at radius 1 is 1.55 bits per heavy atom. The van der Waals surface area contributed by atoms with Crippen LogP contribution in [0.4, 0.5) is 0 Å². The van der Waals surface area contributed by atoms with Crippen LogP contribution in [0.25, 0.3) is 0 Å². The van der Waals surface area contributed by atoms with Crippen molar-refractivity contribution in [3.63, 3.8) is 0 Å². The van der Waals surface area contributed by atoms with E-state index in [1.54, 1.807) is 0 Å². The number of rotatable bonds is 3. The fraction of sp³-hybridized carbons (Fsp3) is 1.00. The number of hydrogen-bond acceptors (Lipinski definition) is 3. The Hall–Kier alpha value is -0.120. The number of aliphatic hydroxyl groups is 1. The number of nitrogens with one attached hydrogen (secondary N) is 2. The third kappa shape index (κ3) is 1.72. The molecule has 1 saturated heterocycles. The third-order valence-corrected chi connectivity index (χ3v) is 2.64. The van der Waals surface area contributed by atoms with Gasteiger partial charge in [0.25, 0.3) is 0 Å². The van der Waals surface area contributed by atoms with Crippen molar-refractivity contribution >= 4 is 0 Å². The summed E-state index contributed by atoms with van der Waals surface area (Å²) in [7, 11) is 1.88. The van der Waals surface area contributed by atoms with Gasteiger partial charge in [0.15, 0.2) is 0 Å². The Kier molecular flexibility index (Phi) is 2.52. The van der Waals surface area contributed by atoms with E-state index in [1.165, 1.54) is 0 Å². The molecule has 1 atom stereocenters. The average molecular weight is 158 g/mol. The van der Waals surface area contributed by atoms with Crippen molar-refractivity contribution in [1.82, 2.24) is 10.6 Å². The molecule has 0 bridgehead atoms. The molecule has 1 aliphatic heterocycles. The van der Waals surface area contributed by atoms with Gasteiger partial charge in [-0.2, -0.15) is 0 Å². The van der Waals surface area contributed by atoms with Gasteiger partial charge in [-0.1, -0.05) is 0 Å². The molecule has 1 unspecified atom stereocenters. The van der Waals surface area contributed by atoms with E-state index in [4.69, 9.17) is 0 Å². The summed E-state index contributed by atoms with van der Waals surface area (Å²) in [4.78, 5) is 0. The smallest absolute Gasteiger partial charge is 0.0768 e. The van der Waals surface area contributed by atoms with E-state index in [2.05, 4.69) is 10.6 Å². The van der Waals surface area contributed by atoms with Gasteiger partial charge in [-0.3, -0.25) is 0 Å². The average Bonchev–Trinajstić information content (AvgIpc) is 1.84. The molecule has 0 aromatic carbocycles. The molecule has 66 valence electrons. The molecule has 1 fully saturated rings. The first-order valence-corrected chi connectivity index (χ1v) is 4.15. The van der Waals surface area contributed by atoms with Crippen molar-refractivity contribution in [3.8, 4) is 0 Å². The molecule has 11 heavy (non-hydrogen) atoms. The predicted molar refractivity (Wildman–Crippen MR) is 45.5 cm³/mol. The summed E-state index contributed by atoms with van der Waals surface area (Å²) in [5.41, 5.74) is -0.160. The van der Waals surface area contributed by atoms with Crippen LogP contribution in [0.15, 0.2) is 0 Å². The molecule has 3 heteroatoms.